The van der Waals surface area contributed by atoms with Crippen LogP contribution in [-0.4, -0.2) is 38.7 Å². The minimum Gasteiger partial charge on any atom is -0.495 e. The molecule has 0 saturated heterocycles. The molecule has 1 aromatic rings. The summed E-state index contributed by atoms with van der Waals surface area (Å²) >= 11 is 0. The Morgan fingerprint density at radius 3 is 2.52 bits per heavy atom. The number of aryl methyl sites for hydroxylation is 1. The Hall–Kier alpha value is -2.08. The first-order chi connectivity index (χ1) is 10.9. The molecular weight excluding hydrogens is 296 g/mol. The molecule has 0 radical (unpaired) electrons. The number of benzene rings is 1. The molecule has 128 valence electrons. The molecule has 0 saturated carbocycles. The van der Waals surface area contributed by atoms with Gasteiger partial charge in [0.05, 0.1) is 19.9 Å². The van der Waals surface area contributed by atoms with Crippen LogP contribution in [0.25, 0.3) is 0 Å². The van der Waals surface area contributed by atoms with Gasteiger partial charge in [-0.1, -0.05) is 19.9 Å². The number of carbonyl (C=O) groups excluding carboxylic acids is 2. The van der Waals surface area contributed by atoms with Gasteiger partial charge in [-0.05, 0) is 30.5 Å². The van der Waals surface area contributed by atoms with Crippen LogP contribution < -0.4 is 15.4 Å². The van der Waals surface area contributed by atoms with E-state index < -0.39 is 0 Å². The van der Waals surface area contributed by atoms with Gasteiger partial charge in [0.1, 0.15) is 5.75 Å². The highest BCUT2D eigenvalue weighted by atomic mass is 16.5. The van der Waals surface area contributed by atoms with Crippen molar-refractivity contribution in [1.82, 2.24) is 0 Å². The van der Waals surface area contributed by atoms with Crippen LogP contribution in [0.2, 0.25) is 0 Å². The molecule has 0 aliphatic rings. The molecule has 0 aliphatic heterocycles. The lowest BCUT2D eigenvalue weighted by Gasteiger charge is -2.15. The second-order valence-corrected chi connectivity index (χ2v) is 5.95. The Balaban J connectivity index is 2.65. The van der Waals surface area contributed by atoms with Crippen molar-refractivity contribution in [3.63, 3.8) is 0 Å². The van der Waals surface area contributed by atoms with Gasteiger partial charge in [0.15, 0.2) is 12.6 Å². The molecule has 1 amide bonds. The lowest BCUT2D eigenvalue weighted by molar-refractivity contribution is -0.668. The summed E-state index contributed by atoms with van der Waals surface area (Å²) in [5.74, 6) is 0.456. The van der Waals surface area contributed by atoms with Crippen molar-refractivity contribution >= 4 is 17.6 Å². The number of rotatable bonds is 8. The first kappa shape index (κ1) is 19.0. The molecule has 1 atom stereocenters. The second-order valence-electron chi connectivity index (χ2n) is 5.95. The maximum Gasteiger partial charge on any atom is 0.364 e. The van der Waals surface area contributed by atoms with Crippen LogP contribution in [0.1, 0.15) is 25.8 Å². The van der Waals surface area contributed by atoms with Crippen molar-refractivity contribution < 1.29 is 24.4 Å². The smallest absolute Gasteiger partial charge is 0.364 e. The highest BCUT2D eigenvalue weighted by Crippen LogP contribution is 2.24. The average Bonchev–Trinajstić information content (AvgIpc) is 2.50. The van der Waals surface area contributed by atoms with Gasteiger partial charge in [0.2, 0.25) is 0 Å². The molecule has 0 bridgehead atoms. The summed E-state index contributed by atoms with van der Waals surface area (Å²) in [7, 11) is 2.92. The Kier molecular flexibility index (Phi) is 7.54. The summed E-state index contributed by atoms with van der Waals surface area (Å²) in [6.45, 7) is 6.14. The predicted octanol–water partition coefficient (Wildman–Crippen LogP) is 1.09. The summed E-state index contributed by atoms with van der Waals surface area (Å²) in [5.41, 5.74) is 1.65. The van der Waals surface area contributed by atoms with E-state index in [1.807, 2.05) is 39.0 Å². The quantitative estimate of drug-likeness (QED) is 0.702. The Labute approximate surface area is 137 Å². The van der Waals surface area contributed by atoms with E-state index in [-0.39, 0.29) is 24.5 Å². The lowest BCUT2D eigenvalue weighted by atomic mass is 10.0. The molecule has 0 spiro atoms. The van der Waals surface area contributed by atoms with Crippen molar-refractivity contribution in [2.45, 2.75) is 33.2 Å². The molecule has 0 heterocycles. The average molecular weight is 323 g/mol. The van der Waals surface area contributed by atoms with Crippen LogP contribution in [-0.2, 0) is 14.3 Å². The van der Waals surface area contributed by atoms with Crippen LogP contribution in [0.15, 0.2) is 18.2 Å². The van der Waals surface area contributed by atoms with Crippen LogP contribution in [0.3, 0.4) is 0 Å². The fraction of sp³-hybridized carbons (Fsp3) is 0.529. The number of ether oxygens (including phenoxy) is 2. The number of hydrogen-bond acceptors (Lipinski definition) is 4. The van der Waals surface area contributed by atoms with Crippen molar-refractivity contribution in [2.75, 3.05) is 26.1 Å². The van der Waals surface area contributed by atoms with Gasteiger partial charge < -0.3 is 20.1 Å². The highest BCUT2D eigenvalue weighted by Gasteiger charge is 2.24. The zero-order chi connectivity index (χ0) is 17.4. The van der Waals surface area contributed by atoms with Crippen LogP contribution in [0, 0.1) is 12.8 Å². The topological polar surface area (TPSA) is 81.2 Å². The van der Waals surface area contributed by atoms with Gasteiger partial charge in [-0.3, -0.25) is 4.79 Å². The first-order valence-corrected chi connectivity index (χ1v) is 7.73. The SMILES string of the molecule is COC(=O)[C@@H](CC(C)C)[NH2+]CC(=O)Nc1cc(C)ccc1OC. The predicted molar refractivity (Wildman–Crippen MR) is 88.4 cm³/mol. The van der Waals surface area contributed by atoms with E-state index in [0.29, 0.717) is 23.8 Å². The number of amides is 1. The van der Waals surface area contributed by atoms with E-state index in [9.17, 15) is 9.59 Å². The number of hydrogen-bond donors (Lipinski definition) is 2. The number of anilines is 1. The molecule has 23 heavy (non-hydrogen) atoms. The molecular formula is C17H27N2O4+. The third-order valence-electron chi connectivity index (χ3n) is 3.45. The summed E-state index contributed by atoms with van der Waals surface area (Å²) in [6.07, 6.45) is 0.660. The van der Waals surface area contributed by atoms with E-state index >= 15 is 0 Å². The number of esters is 1. The van der Waals surface area contributed by atoms with Crippen molar-refractivity contribution in [1.29, 1.82) is 0 Å². The maximum atomic E-state index is 12.1. The highest BCUT2D eigenvalue weighted by molar-refractivity contribution is 5.93. The van der Waals surface area contributed by atoms with Gasteiger partial charge in [-0.2, -0.15) is 0 Å². The zero-order valence-corrected chi connectivity index (χ0v) is 14.5. The van der Waals surface area contributed by atoms with E-state index in [2.05, 4.69) is 5.32 Å². The van der Waals surface area contributed by atoms with Gasteiger partial charge in [-0.15, -0.1) is 0 Å². The second kappa shape index (κ2) is 9.15. The molecule has 1 aromatic carbocycles. The monoisotopic (exact) mass is 323 g/mol. The van der Waals surface area contributed by atoms with Crippen LogP contribution in [0.4, 0.5) is 5.69 Å². The van der Waals surface area contributed by atoms with Gasteiger partial charge >= 0.3 is 5.97 Å². The Morgan fingerprint density at radius 2 is 1.96 bits per heavy atom. The van der Waals surface area contributed by atoms with E-state index in [1.54, 1.807) is 12.4 Å². The number of carbonyl (C=O) groups is 2. The van der Waals surface area contributed by atoms with Gasteiger partial charge in [0.25, 0.3) is 5.91 Å². The van der Waals surface area contributed by atoms with Crippen molar-refractivity contribution in [3.8, 4) is 5.75 Å². The summed E-state index contributed by atoms with van der Waals surface area (Å²) < 4.78 is 10.0. The number of nitrogens with two attached hydrogens (primary N) is 1. The Morgan fingerprint density at radius 1 is 1.26 bits per heavy atom. The zero-order valence-electron chi connectivity index (χ0n) is 14.5. The summed E-state index contributed by atoms with van der Waals surface area (Å²) in [4.78, 5) is 23.9. The Bertz CT molecular complexity index is 543. The van der Waals surface area contributed by atoms with Crippen molar-refractivity contribution in [3.05, 3.63) is 23.8 Å². The molecule has 1 rings (SSSR count). The fourth-order valence-electron chi connectivity index (χ4n) is 2.32. The van der Waals surface area contributed by atoms with Gasteiger partial charge in [-0.25, -0.2) is 4.79 Å². The van der Waals surface area contributed by atoms with Gasteiger partial charge in [0, 0.05) is 6.42 Å². The summed E-state index contributed by atoms with van der Waals surface area (Å²) in [5, 5.41) is 4.53. The molecule has 6 nitrogen and oxygen atoms in total. The fourth-order valence-corrected chi connectivity index (χ4v) is 2.32. The summed E-state index contributed by atoms with van der Waals surface area (Å²) in [6, 6.07) is 5.20. The first-order valence-electron chi connectivity index (χ1n) is 7.73. The third kappa shape index (κ3) is 6.28. The molecule has 0 aliphatic carbocycles. The van der Waals surface area contributed by atoms with E-state index in [0.717, 1.165) is 5.56 Å². The van der Waals surface area contributed by atoms with E-state index in [4.69, 9.17) is 9.47 Å². The maximum absolute atomic E-state index is 12.1. The van der Waals surface area contributed by atoms with Crippen molar-refractivity contribution in [2.24, 2.45) is 5.92 Å². The minimum atomic E-state index is -0.370. The normalized spacial score (nSPS) is 11.9. The van der Waals surface area contributed by atoms with E-state index in [1.165, 1.54) is 7.11 Å². The number of quaternary nitrogens is 1. The third-order valence-corrected chi connectivity index (χ3v) is 3.45. The molecule has 0 fully saturated rings. The molecule has 6 heteroatoms. The largest absolute Gasteiger partial charge is 0.495 e. The number of methoxy groups -OCH3 is 2. The lowest BCUT2D eigenvalue weighted by Crippen LogP contribution is -2.93. The van der Waals surface area contributed by atoms with Crippen LogP contribution in [0.5, 0.6) is 5.75 Å². The molecule has 0 unspecified atom stereocenters. The standard InChI is InChI=1S/C17H26N2O4/c1-11(2)8-14(17(21)23-5)18-10-16(20)19-13-9-12(3)6-7-15(13)22-4/h6-7,9,11,14,18H,8,10H2,1-5H3,(H,19,20)/p+1/t14-/m1/s1. The minimum absolute atomic E-state index is 0.142. The number of nitrogens with one attached hydrogen (secondary N) is 1. The molecule has 3 N–H and O–H groups in total. The molecule has 0 aromatic heterocycles. The van der Waals surface area contributed by atoms with Crippen LogP contribution >= 0.6 is 0 Å².